The normalized spacial score (nSPS) is 13.2. The third-order valence-corrected chi connectivity index (χ3v) is 3.95. The zero-order valence-electron chi connectivity index (χ0n) is 12.2. The second-order valence-corrected chi connectivity index (χ2v) is 5.04. The van der Waals surface area contributed by atoms with Crippen LogP contribution in [0, 0.1) is 5.92 Å². The predicted molar refractivity (Wildman–Crippen MR) is 77.8 cm³/mol. The molecule has 0 fully saturated rings. The molecule has 0 spiro atoms. The van der Waals surface area contributed by atoms with Crippen LogP contribution in [0.1, 0.15) is 52.1 Å². The average Bonchev–Trinajstić information content (AvgIpc) is 2.39. The van der Waals surface area contributed by atoms with Crippen molar-refractivity contribution in [3.8, 4) is 5.75 Å². The second-order valence-electron chi connectivity index (χ2n) is 5.04. The summed E-state index contributed by atoms with van der Waals surface area (Å²) in [5.41, 5.74) is 1.20. The lowest BCUT2D eigenvalue weighted by Gasteiger charge is -2.31. The summed E-state index contributed by atoms with van der Waals surface area (Å²) in [5, 5.41) is 9.57. The Morgan fingerprint density at radius 3 is 2.33 bits per heavy atom. The van der Waals surface area contributed by atoms with E-state index in [9.17, 15) is 5.11 Å². The van der Waals surface area contributed by atoms with Crippen LogP contribution in [0.4, 0.5) is 0 Å². The Bertz CT molecular complexity index is 347. The summed E-state index contributed by atoms with van der Waals surface area (Å²) >= 11 is 0. The van der Waals surface area contributed by atoms with E-state index in [4.69, 9.17) is 0 Å². The number of nitrogens with zero attached hydrogens (tertiary/aromatic N) is 1. The zero-order chi connectivity index (χ0) is 13.5. The van der Waals surface area contributed by atoms with E-state index in [0.29, 0.717) is 11.8 Å². The molecule has 0 aliphatic rings. The number of phenolic OH excluding ortho intramolecular Hbond substituents is 1. The van der Waals surface area contributed by atoms with E-state index in [0.717, 1.165) is 19.0 Å². The van der Waals surface area contributed by atoms with Crippen LogP contribution in [-0.2, 0) is 0 Å². The van der Waals surface area contributed by atoms with E-state index in [1.54, 1.807) is 6.07 Å². The number of rotatable bonds is 7. The number of aromatic hydroxyl groups is 1. The molecule has 1 N–H and O–H groups in total. The molecule has 2 nitrogen and oxygen atoms in total. The minimum absolute atomic E-state index is 0.359. The summed E-state index contributed by atoms with van der Waals surface area (Å²) in [5.74, 6) is 1.13. The summed E-state index contributed by atoms with van der Waals surface area (Å²) < 4.78 is 0. The van der Waals surface area contributed by atoms with E-state index in [1.807, 2.05) is 12.1 Å². The van der Waals surface area contributed by atoms with Crippen LogP contribution >= 0.6 is 0 Å². The lowest BCUT2D eigenvalue weighted by Crippen LogP contribution is -2.31. The van der Waals surface area contributed by atoms with Gasteiger partial charge < -0.3 is 5.11 Å². The van der Waals surface area contributed by atoms with E-state index in [2.05, 4.69) is 38.7 Å². The largest absolute Gasteiger partial charge is 0.508 e. The van der Waals surface area contributed by atoms with Crippen molar-refractivity contribution in [2.24, 2.45) is 5.92 Å². The van der Waals surface area contributed by atoms with Gasteiger partial charge in [0.1, 0.15) is 5.75 Å². The van der Waals surface area contributed by atoms with Gasteiger partial charge in [-0.3, -0.25) is 4.90 Å². The first-order valence-electron chi connectivity index (χ1n) is 7.15. The maximum Gasteiger partial charge on any atom is 0.115 e. The van der Waals surface area contributed by atoms with Crippen molar-refractivity contribution in [2.45, 2.75) is 46.6 Å². The molecule has 1 atom stereocenters. The van der Waals surface area contributed by atoms with Crippen LogP contribution in [0.15, 0.2) is 24.3 Å². The molecule has 1 aromatic rings. The highest BCUT2D eigenvalue weighted by Gasteiger charge is 2.17. The maximum absolute atomic E-state index is 9.57. The Kier molecular flexibility index (Phi) is 6.20. The van der Waals surface area contributed by atoms with Gasteiger partial charge in [-0.2, -0.15) is 0 Å². The van der Waals surface area contributed by atoms with Crippen LogP contribution < -0.4 is 0 Å². The van der Waals surface area contributed by atoms with Gasteiger partial charge in [-0.1, -0.05) is 45.7 Å². The lowest BCUT2D eigenvalue weighted by atomic mass is 10.00. The van der Waals surface area contributed by atoms with Gasteiger partial charge in [-0.25, -0.2) is 0 Å². The van der Waals surface area contributed by atoms with Gasteiger partial charge >= 0.3 is 0 Å². The maximum atomic E-state index is 9.57. The highest BCUT2D eigenvalue weighted by atomic mass is 16.3. The molecule has 0 heterocycles. The molecule has 1 unspecified atom stereocenters. The first kappa shape index (κ1) is 15.0. The Labute approximate surface area is 112 Å². The van der Waals surface area contributed by atoms with Crippen LogP contribution in [0.2, 0.25) is 0 Å². The van der Waals surface area contributed by atoms with Crippen LogP contribution in [0.5, 0.6) is 5.75 Å². The minimum Gasteiger partial charge on any atom is -0.508 e. The van der Waals surface area contributed by atoms with Crippen LogP contribution in [0.25, 0.3) is 0 Å². The molecule has 0 aliphatic carbocycles. The predicted octanol–water partition coefficient (Wildman–Crippen LogP) is 4.21. The van der Waals surface area contributed by atoms with Crippen molar-refractivity contribution >= 4 is 0 Å². The molecular weight excluding hydrogens is 222 g/mol. The molecule has 2 heteroatoms. The van der Waals surface area contributed by atoms with Crippen molar-refractivity contribution in [1.82, 2.24) is 4.90 Å². The van der Waals surface area contributed by atoms with Gasteiger partial charge in [-0.15, -0.1) is 0 Å². The van der Waals surface area contributed by atoms with Gasteiger partial charge in [0.2, 0.25) is 0 Å². The molecule has 0 saturated carbocycles. The van der Waals surface area contributed by atoms with Gasteiger partial charge in [0.15, 0.2) is 0 Å². The zero-order valence-corrected chi connectivity index (χ0v) is 12.2. The van der Waals surface area contributed by atoms with Gasteiger partial charge in [0.05, 0.1) is 0 Å². The molecule has 0 aromatic heterocycles. The molecule has 102 valence electrons. The highest BCUT2D eigenvalue weighted by Crippen LogP contribution is 2.25. The van der Waals surface area contributed by atoms with E-state index < -0.39 is 0 Å². The molecule has 0 amide bonds. The van der Waals surface area contributed by atoms with Crippen LogP contribution in [-0.4, -0.2) is 23.1 Å². The first-order valence-corrected chi connectivity index (χ1v) is 7.15. The quantitative estimate of drug-likeness (QED) is 0.782. The van der Waals surface area contributed by atoms with E-state index >= 15 is 0 Å². The molecule has 0 saturated heterocycles. The van der Waals surface area contributed by atoms with E-state index in [-0.39, 0.29) is 0 Å². The van der Waals surface area contributed by atoms with E-state index in [1.165, 1.54) is 18.4 Å². The minimum atomic E-state index is 0.359. The summed E-state index contributed by atoms with van der Waals surface area (Å²) in [6, 6.07) is 7.99. The smallest absolute Gasteiger partial charge is 0.115 e. The number of hydrogen-bond acceptors (Lipinski definition) is 2. The van der Waals surface area contributed by atoms with Gasteiger partial charge in [0, 0.05) is 12.6 Å². The fourth-order valence-electron chi connectivity index (χ4n) is 2.44. The standard InChI is InChI=1S/C16H27NO/c1-5-14(6-2)12-17(7-3)13(4)15-9-8-10-16(18)11-15/h8-11,13-14,18H,5-7,12H2,1-4H3. The summed E-state index contributed by atoms with van der Waals surface area (Å²) in [6.45, 7) is 11.2. The molecular formula is C16H27NO. The number of benzene rings is 1. The van der Waals surface area contributed by atoms with Crippen LogP contribution in [0.3, 0.4) is 0 Å². The van der Waals surface area contributed by atoms with Gasteiger partial charge in [0.25, 0.3) is 0 Å². The van der Waals surface area contributed by atoms with Crippen molar-refractivity contribution in [1.29, 1.82) is 0 Å². The Balaban J connectivity index is 2.75. The van der Waals surface area contributed by atoms with Crippen molar-refractivity contribution in [3.63, 3.8) is 0 Å². The molecule has 0 bridgehead atoms. The Morgan fingerprint density at radius 2 is 1.83 bits per heavy atom. The molecule has 1 aromatic carbocycles. The Hall–Kier alpha value is -1.02. The number of hydrogen-bond donors (Lipinski definition) is 1. The molecule has 18 heavy (non-hydrogen) atoms. The summed E-state index contributed by atoms with van der Waals surface area (Å²) in [7, 11) is 0. The third kappa shape index (κ3) is 4.02. The highest BCUT2D eigenvalue weighted by molar-refractivity contribution is 5.29. The first-order chi connectivity index (χ1) is 8.62. The molecule has 0 radical (unpaired) electrons. The SMILES string of the molecule is CCC(CC)CN(CC)C(C)c1cccc(O)c1. The Morgan fingerprint density at radius 1 is 1.17 bits per heavy atom. The van der Waals surface area contributed by atoms with Crippen molar-refractivity contribution < 1.29 is 5.11 Å². The van der Waals surface area contributed by atoms with Crippen molar-refractivity contribution in [2.75, 3.05) is 13.1 Å². The average molecular weight is 249 g/mol. The van der Waals surface area contributed by atoms with Crippen molar-refractivity contribution in [3.05, 3.63) is 29.8 Å². The summed E-state index contributed by atoms with van der Waals surface area (Å²) in [6.07, 6.45) is 2.47. The fraction of sp³-hybridized carbons (Fsp3) is 0.625. The van der Waals surface area contributed by atoms with Gasteiger partial charge in [-0.05, 0) is 37.1 Å². The molecule has 1 rings (SSSR count). The lowest BCUT2D eigenvalue weighted by molar-refractivity contribution is 0.181. The summed E-state index contributed by atoms with van der Waals surface area (Å²) in [4.78, 5) is 2.49. The third-order valence-electron chi connectivity index (χ3n) is 3.95. The number of phenols is 1. The fourth-order valence-corrected chi connectivity index (χ4v) is 2.44. The topological polar surface area (TPSA) is 23.5 Å². The molecule has 0 aliphatic heterocycles. The second kappa shape index (κ2) is 7.42. The monoisotopic (exact) mass is 249 g/mol.